The molecule has 0 aliphatic carbocycles. The Balaban J connectivity index is 1.86. The van der Waals surface area contributed by atoms with Crippen molar-refractivity contribution >= 4 is 23.8 Å². The molecule has 0 N–H and O–H groups in total. The highest BCUT2D eigenvalue weighted by molar-refractivity contribution is 5.82. The van der Waals surface area contributed by atoms with Crippen molar-refractivity contribution < 1.29 is 0 Å². The van der Waals surface area contributed by atoms with Crippen LogP contribution in [-0.2, 0) is 0 Å². The number of benzene rings is 2. The first-order chi connectivity index (χ1) is 17.2. The summed E-state index contributed by atoms with van der Waals surface area (Å²) >= 11 is 0. The van der Waals surface area contributed by atoms with Crippen molar-refractivity contribution in [2.24, 2.45) is 9.98 Å². The third-order valence-electron chi connectivity index (χ3n) is 6.26. The van der Waals surface area contributed by atoms with Crippen LogP contribution in [0.4, 0.5) is 11.4 Å². The van der Waals surface area contributed by atoms with Crippen LogP contribution in [0.2, 0.25) is 0 Å². The van der Waals surface area contributed by atoms with Crippen molar-refractivity contribution in [2.45, 2.75) is 105 Å². The van der Waals surface area contributed by atoms with Gasteiger partial charge in [-0.1, -0.05) is 115 Å². The van der Waals surface area contributed by atoms with Gasteiger partial charge in [-0.2, -0.15) is 0 Å². The first kappa shape index (κ1) is 29.1. The number of para-hydroxylation sites is 2. The van der Waals surface area contributed by atoms with E-state index < -0.39 is 0 Å². The highest BCUT2D eigenvalue weighted by Crippen LogP contribution is 2.35. The molecule has 2 aromatic rings. The Morgan fingerprint density at radius 1 is 0.556 bits per heavy atom. The predicted octanol–water partition coefficient (Wildman–Crippen LogP) is 9.85. The molecule has 190 valence electrons. The molecular weight excluding hydrogens is 436 g/mol. The number of unbranched alkanes of at least 4 members (excludes halogenated alkanes) is 3. The zero-order valence-corrected chi connectivity index (χ0v) is 23.7. The number of aliphatic imine (C=N–C) groups is 2. The van der Waals surface area contributed by atoms with Crippen LogP contribution >= 0.6 is 0 Å². The normalized spacial score (nSPS) is 11.6. The summed E-state index contributed by atoms with van der Waals surface area (Å²) in [7, 11) is 0. The van der Waals surface area contributed by atoms with Crippen LogP contribution in [0.15, 0.2) is 46.4 Å². The first-order valence-corrected chi connectivity index (χ1v) is 13.5. The lowest BCUT2D eigenvalue weighted by Crippen LogP contribution is -1.95. The summed E-state index contributed by atoms with van der Waals surface area (Å²) in [6, 6.07) is 13.0. The van der Waals surface area contributed by atoms with Gasteiger partial charge in [-0.25, -0.2) is 9.98 Å². The maximum absolute atomic E-state index is 4.74. The van der Waals surface area contributed by atoms with E-state index in [2.05, 4.69) is 115 Å². The lowest BCUT2D eigenvalue weighted by Gasteiger charge is -2.15. The van der Waals surface area contributed by atoms with Gasteiger partial charge in [0, 0.05) is 12.8 Å². The maximum Gasteiger partial charge on any atom is 0.0773 e. The van der Waals surface area contributed by atoms with Gasteiger partial charge in [-0.05, 0) is 58.8 Å². The smallest absolute Gasteiger partial charge is 0.0773 e. The van der Waals surface area contributed by atoms with Crippen LogP contribution in [-0.4, -0.2) is 12.4 Å². The van der Waals surface area contributed by atoms with Gasteiger partial charge in [-0.3, -0.25) is 0 Å². The second-order valence-electron chi connectivity index (χ2n) is 10.6. The molecule has 0 heterocycles. The van der Waals surface area contributed by atoms with E-state index in [0.29, 0.717) is 23.7 Å². The van der Waals surface area contributed by atoms with Gasteiger partial charge in [0.2, 0.25) is 0 Å². The Hall–Kier alpha value is -3.10. The molecule has 0 saturated carbocycles. The third kappa shape index (κ3) is 8.84. The summed E-state index contributed by atoms with van der Waals surface area (Å²) in [4.78, 5) is 9.48. The Morgan fingerprint density at radius 2 is 0.861 bits per heavy atom. The third-order valence-corrected chi connectivity index (χ3v) is 6.26. The van der Waals surface area contributed by atoms with Crippen LogP contribution in [0.3, 0.4) is 0 Å². The summed E-state index contributed by atoms with van der Waals surface area (Å²) in [6.45, 7) is 17.7. The van der Waals surface area contributed by atoms with Gasteiger partial charge in [0.05, 0.1) is 23.8 Å². The summed E-state index contributed by atoms with van der Waals surface area (Å²) < 4.78 is 0. The Morgan fingerprint density at radius 3 is 1.14 bits per heavy atom. The molecule has 2 aromatic carbocycles. The fourth-order valence-electron chi connectivity index (χ4n) is 4.18. The molecule has 36 heavy (non-hydrogen) atoms. The van der Waals surface area contributed by atoms with Crippen molar-refractivity contribution in [2.75, 3.05) is 0 Å². The fourth-order valence-corrected chi connectivity index (χ4v) is 4.18. The van der Waals surface area contributed by atoms with E-state index in [1.165, 1.54) is 22.3 Å². The topological polar surface area (TPSA) is 24.7 Å². The number of nitrogens with zero attached hydrogens (tertiary/aromatic N) is 2. The van der Waals surface area contributed by atoms with E-state index in [1.54, 1.807) is 12.4 Å². The standard InChI is InChI=1S/C34H44N2/c1-25(2)29-19-17-20-30(26(3)4)33(29)35-23-15-13-11-9-10-12-14-16-24-36-34-31(27(5)6)21-18-22-32(34)28(7)8/h17-28H,9-12H2,1-8H3. The number of hydrogen-bond acceptors (Lipinski definition) is 2. The van der Waals surface area contributed by atoms with Crippen molar-refractivity contribution in [3.8, 4) is 23.7 Å². The SMILES string of the molecule is CC(C)c1cccc(C(C)C)c1N=CC#CCCCCC#CC=Nc1c(C(C)C)cccc1C(C)C. The molecule has 0 saturated heterocycles. The molecule has 2 heteroatoms. The van der Waals surface area contributed by atoms with E-state index in [4.69, 9.17) is 9.98 Å². The van der Waals surface area contributed by atoms with Crippen LogP contribution < -0.4 is 0 Å². The highest BCUT2D eigenvalue weighted by Gasteiger charge is 2.13. The second-order valence-corrected chi connectivity index (χ2v) is 10.6. The first-order valence-electron chi connectivity index (χ1n) is 13.5. The lowest BCUT2D eigenvalue weighted by atomic mass is 9.93. The van der Waals surface area contributed by atoms with Crippen LogP contribution in [0, 0.1) is 23.7 Å². The average Bonchev–Trinajstić information content (AvgIpc) is 2.83. The predicted molar refractivity (Wildman–Crippen MR) is 160 cm³/mol. The van der Waals surface area contributed by atoms with E-state index in [0.717, 1.165) is 37.1 Å². The molecular formula is C34H44N2. The summed E-state index contributed by atoms with van der Waals surface area (Å²) in [5.41, 5.74) is 7.32. The van der Waals surface area contributed by atoms with Crippen molar-refractivity contribution in [1.29, 1.82) is 0 Å². The quantitative estimate of drug-likeness (QED) is 0.194. The van der Waals surface area contributed by atoms with Gasteiger partial charge >= 0.3 is 0 Å². The second kappa shape index (κ2) is 15.1. The van der Waals surface area contributed by atoms with Gasteiger partial charge in [0.25, 0.3) is 0 Å². The summed E-state index contributed by atoms with van der Waals surface area (Å²) in [6.07, 6.45) is 7.35. The largest absolute Gasteiger partial charge is 0.247 e. The van der Waals surface area contributed by atoms with Crippen molar-refractivity contribution in [3.05, 3.63) is 58.7 Å². The number of rotatable bonds is 9. The monoisotopic (exact) mass is 480 g/mol. The van der Waals surface area contributed by atoms with Crippen LogP contribution in [0.25, 0.3) is 0 Å². The van der Waals surface area contributed by atoms with Gasteiger partial charge < -0.3 is 0 Å². The zero-order chi connectivity index (χ0) is 26.5. The molecule has 0 aliphatic rings. The zero-order valence-electron chi connectivity index (χ0n) is 23.7. The van der Waals surface area contributed by atoms with Gasteiger partial charge in [0.1, 0.15) is 0 Å². The molecule has 2 nitrogen and oxygen atoms in total. The molecule has 0 amide bonds. The number of hydrogen-bond donors (Lipinski definition) is 0. The van der Waals surface area contributed by atoms with Crippen LogP contribution in [0.1, 0.15) is 127 Å². The van der Waals surface area contributed by atoms with Gasteiger partial charge in [0.15, 0.2) is 0 Å². The van der Waals surface area contributed by atoms with E-state index in [-0.39, 0.29) is 0 Å². The highest BCUT2D eigenvalue weighted by atomic mass is 14.7. The lowest BCUT2D eigenvalue weighted by molar-refractivity contribution is 0.783. The molecule has 0 radical (unpaired) electrons. The molecule has 0 aromatic heterocycles. The molecule has 0 unspecified atom stereocenters. The minimum atomic E-state index is 0.442. The molecule has 0 bridgehead atoms. The van der Waals surface area contributed by atoms with Crippen molar-refractivity contribution in [1.82, 2.24) is 0 Å². The Kier molecular flexibility index (Phi) is 12.2. The van der Waals surface area contributed by atoms with Crippen LogP contribution in [0.5, 0.6) is 0 Å². The summed E-state index contributed by atoms with van der Waals surface area (Å²) in [5, 5.41) is 0. The van der Waals surface area contributed by atoms with Crippen molar-refractivity contribution in [3.63, 3.8) is 0 Å². The maximum atomic E-state index is 4.74. The molecule has 0 aliphatic heterocycles. The van der Waals surface area contributed by atoms with E-state index >= 15 is 0 Å². The van der Waals surface area contributed by atoms with E-state index in [9.17, 15) is 0 Å². The minimum absolute atomic E-state index is 0.442. The summed E-state index contributed by atoms with van der Waals surface area (Å²) in [5.74, 6) is 14.5. The fraction of sp³-hybridized carbons (Fsp3) is 0.471. The average molecular weight is 481 g/mol. The van der Waals surface area contributed by atoms with Gasteiger partial charge in [-0.15, -0.1) is 0 Å². The molecule has 0 spiro atoms. The molecule has 2 rings (SSSR count). The Labute approximate surface area is 220 Å². The molecule has 0 atom stereocenters. The Bertz CT molecular complexity index is 1010. The minimum Gasteiger partial charge on any atom is -0.247 e. The van der Waals surface area contributed by atoms with E-state index in [1.807, 2.05) is 0 Å². The molecule has 0 fully saturated rings.